The summed E-state index contributed by atoms with van der Waals surface area (Å²) in [5.41, 5.74) is 1.12. The van der Waals surface area contributed by atoms with Crippen molar-refractivity contribution < 1.29 is 13.2 Å². The van der Waals surface area contributed by atoms with Crippen molar-refractivity contribution >= 4 is 15.9 Å². The van der Waals surface area contributed by atoms with Gasteiger partial charge in [-0.1, -0.05) is 65.0 Å². The summed E-state index contributed by atoms with van der Waals surface area (Å²) < 4.78 is 27.5. The Morgan fingerprint density at radius 3 is 2.17 bits per heavy atom. The first kappa shape index (κ1) is 23.3. The van der Waals surface area contributed by atoms with Crippen LogP contribution in [0.15, 0.2) is 29.2 Å². The lowest BCUT2D eigenvalue weighted by atomic mass is 9.86. The molecular weight excluding hydrogens is 396 g/mol. The number of amides is 1. The molecule has 0 aromatic heterocycles. The number of carbonyl (C=O) groups excluding carboxylic acids is 1. The molecule has 168 valence electrons. The van der Waals surface area contributed by atoms with E-state index in [-0.39, 0.29) is 17.4 Å². The van der Waals surface area contributed by atoms with Crippen LogP contribution < -0.4 is 5.32 Å². The van der Waals surface area contributed by atoms with Crippen LogP contribution in [0.25, 0.3) is 0 Å². The number of carbonyl (C=O) groups is 1. The molecule has 5 nitrogen and oxygen atoms in total. The summed E-state index contributed by atoms with van der Waals surface area (Å²) >= 11 is 0. The standard InChI is InChI=1S/C24H38N2O3S/c1-24(2,3)20-10-12-22(13-11-20)30(28,29)26-17-15-21(16-18-26)25-23(27)14-9-19-7-5-4-6-8-19/h10-13,19,21H,4-9,14-18H2,1-3H3,(H,25,27). The minimum absolute atomic E-state index is 0.00414. The largest absolute Gasteiger partial charge is 0.353 e. The van der Waals surface area contributed by atoms with Gasteiger partial charge in [-0.15, -0.1) is 0 Å². The molecule has 0 unspecified atom stereocenters. The van der Waals surface area contributed by atoms with Crippen molar-refractivity contribution in [2.45, 2.75) is 94.9 Å². The zero-order valence-corrected chi connectivity index (χ0v) is 19.6. The molecule has 1 saturated carbocycles. The van der Waals surface area contributed by atoms with Crippen LogP contribution >= 0.6 is 0 Å². The monoisotopic (exact) mass is 434 g/mol. The van der Waals surface area contributed by atoms with Crippen LogP contribution in [0.5, 0.6) is 0 Å². The van der Waals surface area contributed by atoms with Crippen LogP contribution in [0.4, 0.5) is 0 Å². The molecule has 0 atom stereocenters. The van der Waals surface area contributed by atoms with Crippen molar-refractivity contribution in [3.63, 3.8) is 0 Å². The van der Waals surface area contributed by atoms with Gasteiger partial charge in [-0.25, -0.2) is 8.42 Å². The molecule has 1 heterocycles. The quantitative estimate of drug-likeness (QED) is 0.711. The van der Waals surface area contributed by atoms with Crippen molar-refractivity contribution in [3.05, 3.63) is 29.8 Å². The summed E-state index contributed by atoms with van der Waals surface area (Å²) in [4.78, 5) is 12.7. The molecule has 2 aliphatic rings. The Kier molecular flexibility index (Phi) is 7.61. The molecule has 30 heavy (non-hydrogen) atoms. The Labute approximate surface area is 182 Å². The van der Waals surface area contributed by atoms with Gasteiger partial charge in [0.15, 0.2) is 0 Å². The van der Waals surface area contributed by atoms with Crippen LogP contribution in [0.1, 0.15) is 84.1 Å². The third kappa shape index (κ3) is 6.07. The molecule has 1 saturated heterocycles. The van der Waals surface area contributed by atoms with Crippen molar-refractivity contribution in [2.24, 2.45) is 5.92 Å². The van der Waals surface area contributed by atoms with Crippen molar-refractivity contribution in [1.29, 1.82) is 0 Å². The van der Waals surface area contributed by atoms with E-state index in [1.807, 2.05) is 12.1 Å². The smallest absolute Gasteiger partial charge is 0.243 e. The third-order valence-electron chi connectivity index (χ3n) is 6.68. The van der Waals surface area contributed by atoms with Crippen LogP contribution in [0.3, 0.4) is 0 Å². The van der Waals surface area contributed by atoms with Gasteiger partial charge in [-0.3, -0.25) is 4.79 Å². The number of nitrogens with zero attached hydrogens (tertiary/aromatic N) is 1. The number of sulfonamides is 1. The first-order chi connectivity index (χ1) is 14.2. The van der Waals surface area contributed by atoms with E-state index in [1.165, 1.54) is 32.1 Å². The Morgan fingerprint density at radius 2 is 1.60 bits per heavy atom. The highest BCUT2D eigenvalue weighted by Gasteiger charge is 2.30. The number of hydrogen-bond donors (Lipinski definition) is 1. The average Bonchev–Trinajstić information content (AvgIpc) is 2.73. The average molecular weight is 435 g/mol. The van der Waals surface area contributed by atoms with Gasteiger partial charge in [-0.2, -0.15) is 4.31 Å². The predicted molar refractivity (Wildman–Crippen MR) is 121 cm³/mol. The van der Waals surface area contributed by atoms with E-state index >= 15 is 0 Å². The maximum absolute atomic E-state index is 13.0. The molecule has 1 aromatic carbocycles. The van der Waals surface area contributed by atoms with Crippen LogP contribution in [0, 0.1) is 5.92 Å². The van der Waals surface area contributed by atoms with Gasteiger partial charge in [-0.05, 0) is 48.3 Å². The summed E-state index contributed by atoms with van der Waals surface area (Å²) in [6.07, 6.45) is 9.41. The van der Waals surface area contributed by atoms with Crippen LogP contribution in [0.2, 0.25) is 0 Å². The first-order valence-corrected chi connectivity index (χ1v) is 13.0. The molecule has 1 aromatic rings. The number of rotatable bonds is 6. The molecule has 3 rings (SSSR count). The van der Waals surface area contributed by atoms with E-state index in [9.17, 15) is 13.2 Å². The maximum Gasteiger partial charge on any atom is 0.243 e. The molecule has 2 fully saturated rings. The van der Waals surface area contributed by atoms with Crippen molar-refractivity contribution in [2.75, 3.05) is 13.1 Å². The lowest BCUT2D eigenvalue weighted by molar-refractivity contribution is -0.122. The van der Waals surface area contributed by atoms with Gasteiger partial charge in [0.25, 0.3) is 0 Å². The van der Waals surface area contributed by atoms with Crippen molar-refractivity contribution in [3.8, 4) is 0 Å². The van der Waals surface area contributed by atoms with Gasteiger partial charge in [0, 0.05) is 25.6 Å². The van der Waals surface area contributed by atoms with Gasteiger partial charge < -0.3 is 5.32 Å². The van der Waals surface area contributed by atoms with Crippen molar-refractivity contribution in [1.82, 2.24) is 9.62 Å². The van der Waals surface area contributed by atoms with E-state index in [4.69, 9.17) is 0 Å². The highest BCUT2D eigenvalue weighted by Crippen LogP contribution is 2.28. The van der Waals surface area contributed by atoms with Gasteiger partial charge in [0.2, 0.25) is 15.9 Å². The lowest BCUT2D eigenvalue weighted by Gasteiger charge is -2.32. The van der Waals surface area contributed by atoms with Gasteiger partial charge in [0.05, 0.1) is 4.90 Å². The van der Waals surface area contributed by atoms with E-state index in [2.05, 4.69) is 26.1 Å². The van der Waals surface area contributed by atoms with E-state index in [0.717, 1.165) is 12.0 Å². The zero-order valence-electron chi connectivity index (χ0n) is 18.8. The molecular formula is C24H38N2O3S. The highest BCUT2D eigenvalue weighted by atomic mass is 32.2. The zero-order chi connectivity index (χ0) is 21.8. The summed E-state index contributed by atoms with van der Waals surface area (Å²) in [6.45, 7) is 7.26. The fourth-order valence-electron chi connectivity index (χ4n) is 4.63. The maximum atomic E-state index is 13.0. The lowest BCUT2D eigenvalue weighted by Crippen LogP contribution is -2.46. The molecule has 1 aliphatic carbocycles. The Balaban J connectivity index is 1.47. The second-order valence-electron chi connectivity index (χ2n) is 10.1. The second-order valence-corrected chi connectivity index (χ2v) is 12.0. The van der Waals surface area contributed by atoms with E-state index in [0.29, 0.717) is 43.2 Å². The number of piperidine rings is 1. The number of benzene rings is 1. The highest BCUT2D eigenvalue weighted by molar-refractivity contribution is 7.89. The molecule has 6 heteroatoms. The normalized spacial score (nSPS) is 20.2. The molecule has 0 spiro atoms. The third-order valence-corrected chi connectivity index (χ3v) is 8.59. The Morgan fingerprint density at radius 1 is 1.00 bits per heavy atom. The summed E-state index contributed by atoms with van der Waals surface area (Å²) in [6, 6.07) is 7.33. The minimum atomic E-state index is -3.48. The second kappa shape index (κ2) is 9.82. The van der Waals surface area contributed by atoms with Crippen LogP contribution in [-0.2, 0) is 20.2 Å². The number of hydrogen-bond acceptors (Lipinski definition) is 3. The summed E-state index contributed by atoms with van der Waals surface area (Å²) in [7, 11) is -3.48. The number of nitrogens with one attached hydrogen (secondary N) is 1. The topological polar surface area (TPSA) is 66.5 Å². The van der Waals surface area contributed by atoms with Crippen LogP contribution in [-0.4, -0.2) is 37.8 Å². The fourth-order valence-corrected chi connectivity index (χ4v) is 6.10. The Hall–Kier alpha value is -1.40. The predicted octanol–water partition coefficient (Wildman–Crippen LogP) is 4.61. The molecule has 1 amide bonds. The molecule has 0 bridgehead atoms. The molecule has 1 aliphatic heterocycles. The SMILES string of the molecule is CC(C)(C)c1ccc(S(=O)(=O)N2CCC(NC(=O)CCC3CCCCC3)CC2)cc1. The summed E-state index contributed by atoms with van der Waals surface area (Å²) in [5, 5.41) is 3.13. The molecule has 1 N–H and O–H groups in total. The van der Waals surface area contributed by atoms with Gasteiger partial charge in [0.1, 0.15) is 0 Å². The summed E-state index contributed by atoms with van der Waals surface area (Å²) in [5.74, 6) is 0.834. The molecule has 0 radical (unpaired) electrons. The minimum Gasteiger partial charge on any atom is -0.353 e. The van der Waals surface area contributed by atoms with E-state index < -0.39 is 10.0 Å². The fraction of sp³-hybridized carbons (Fsp3) is 0.708. The Bertz CT molecular complexity index is 798. The van der Waals surface area contributed by atoms with Gasteiger partial charge >= 0.3 is 0 Å². The van der Waals surface area contributed by atoms with E-state index in [1.54, 1.807) is 16.4 Å². The first-order valence-electron chi connectivity index (χ1n) is 11.6.